The molecule has 0 spiro atoms. The predicted octanol–water partition coefficient (Wildman–Crippen LogP) is 5.18. The Morgan fingerprint density at radius 2 is 1.81 bits per heavy atom. The van der Waals surface area contributed by atoms with E-state index in [1.807, 2.05) is 44.2 Å². The van der Waals surface area contributed by atoms with Crippen LogP contribution in [0.25, 0.3) is 6.08 Å². The molecule has 0 aromatic heterocycles. The number of hydrogen-bond acceptors (Lipinski definition) is 2. The van der Waals surface area contributed by atoms with Crippen molar-refractivity contribution in [2.75, 3.05) is 0 Å². The fraction of sp³-hybridized carbons (Fsp3) is 0.263. The van der Waals surface area contributed by atoms with E-state index in [1.54, 1.807) is 12.2 Å². The second-order valence-corrected chi connectivity index (χ2v) is 4.76. The maximum atomic E-state index is 5.23. The van der Waals surface area contributed by atoms with E-state index >= 15 is 0 Å². The Morgan fingerprint density at radius 1 is 1.19 bits per heavy atom. The molecule has 0 saturated heterocycles. The first kappa shape index (κ1) is 18.9. The molecule has 2 nitrogen and oxygen atoms in total. The van der Waals surface area contributed by atoms with E-state index < -0.39 is 0 Å². The number of hydrogen-bond donors (Lipinski definition) is 1. The molecule has 21 heavy (non-hydrogen) atoms. The highest BCUT2D eigenvalue weighted by Gasteiger charge is 2.24. The highest BCUT2D eigenvalue weighted by Crippen LogP contribution is 2.34. The van der Waals surface area contributed by atoms with Gasteiger partial charge in [0.15, 0.2) is 5.75 Å². The number of allylic oxidation sites excluding steroid dienone is 4. The number of nitrogens with two attached hydrogens (primary N) is 1. The lowest BCUT2D eigenvalue weighted by Crippen LogP contribution is -2.19. The summed E-state index contributed by atoms with van der Waals surface area (Å²) in [5.41, 5.74) is 2.92. The maximum Gasteiger partial charge on any atom is 0.154 e. The van der Waals surface area contributed by atoms with Crippen molar-refractivity contribution in [3.05, 3.63) is 72.9 Å². The van der Waals surface area contributed by atoms with Gasteiger partial charge in [0.05, 0.1) is 0 Å². The lowest BCUT2D eigenvalue weighted by atomic mass is 9.77. The highest BCUT2D eigenvalue weighted by atomic mass is 16.6. The zero-order valence-corrected chi connectivity index (χ0v) is 13.6. The summed E-state index contributed by atoms with van der Waals surface area (Å²) in [5.74, 6) is 5.84. The van der Waals surface area contributed by atoms with Crippen LogP contribution in [0, 0.1) is 0 Å². The van der Waals surface area contributed by atoms with Crippen molar-refractivity contribution < 1.29 is 4.84 Å². The van der Waals surface area contributed by atoms with Crippen LogP contribution >= 0.6 is 0 Å². The van der Waals surface area contributed by atoms with E-state index in [1.165, 1.54) is 0 Å². The van der Waals surface area contributed by atoms with Gasteiger partial charge in [-0.05, 0) is 23.3 Å². The summed E-state index contributed by atoms with van der Waals surface area (Å²) in [5, 5.41) is 0. The summed E-state index contributed by atoms with van der Waals surface area (Å²) in [6.07, 6.45) is 7.31. The smallest absolute Gasteiger partial charge is 0.154 e. The van der Waals surface area contributed by atoms with Gasteiger partial charge in [-0.25, -0.2) is 0 Å². The minimum absolute atomic E-state index is 0.180. The first-order valence-corrected chi connectivity index (χ1v) is 7.10. The third kappa shape index (κ3) is 4.47. The van der Waals surface area contributed by atoms with E-state index in [-0.39, 0.29) is 5.41 Å². The number of rotatable bonds is 6. The largest absolute Gasteiger partial charge is 0.411 e. The average molecular weight is 285 g/mol. The molecule has 1 aromatic rings. The Labute approximate surface area is 129 Å². The molecular weight excluding hydrogens is 258 g/mol. The van der Waals surface area contributed by atoms with Crippen LogP contribution in [0.15, 0.2) is 61.7 Å². The standard InChI is InChI=1S/C17H21NO.C2H6/c1-6-9-14(8-3)17(4,5)15-10-11-16(19-18)13(7-2)12-15;1-2/h6-12H,1-3,18H2,4-5H3;1-2H3/b14-9+;. The average Bonchev–Trinajstić information content (AvgIpc) is 2.53. The van der Waals surface area contributed by atoms with Crippen molar-refractivity contribution in [1.82, 2.24) is 0 Å². The maximum absolute atomic E-state index is 5.23. The molecule has 2 N–H and O–H groups in total. The Bertz CT molecular complexity index is 524. The first-order valence-electron chi connectivity index (χ1n) is 7.10. The molecule has 0 aliphatic rings. The van der Waals surface area contributed by atoms with E-state index in [4.69, 9.17) is 10.7 Å². The van der Waals surface area contributed by atoms with Gasteiger partial charge in [-0.1, -0.05) is 77.8 Å². The van der Waals surface area contributed by atoms with Crippen LogP contribution in [0.3, 0.4) is 0 Å². The van der Waals surface area contributed by atoms with Crippen molar-refractivity contribution in [3.63, 3.8) is 0 Å². The second kappa shape index (κ2) is 8.98. The zero-order valence-electron chi connectivity index (χ0n) is 13.6. The van der Waals surface area contributed by atoms with Gasteiger partial charge in [0.1, 0.15) is 0 Å². The molecule has 0 saturated carbocycles. The van der Waals surface area contributed by atoms with Crippen LogP contribution in [0.2, 0.25) is 0 Å². The van der Waals surface area contributed by atoms with Gasteiger partial charge in [0, 0.05) is 11.0 Å². The van der Waals surface area contributed by atoms with Gasteiger partial charge in [-0.2, -0.15) is 5.90 Å². The lowest BCUT2D eigenvalue weighted by Gasteiger charge is -2.27. The molecule has 114 valence electrons. The summed E-state index contributed by atoms with van der Waals surface area (Å²) < 4.78 is 0. The van der Waals surface area contributed by atoms with E-state index in [2.05, 4.69) is 33.6 Å². The molecule has 0 aliphatic carbocycles. The third-order valence-electron chi connectivity index (χ3n) is 3.32. The first-order chi connectivity index (χ1) is 10.0. The molecule has 0 aliphatic heterocycles. The summed E-state index contributed by atoms with van der Waals surface area (Å²) in [4.78, 5) is 4.82. The Kier molecular flexibility index (Phi) is 8.10. The molecule has 1 aromatic carbocycles. The molecule has 0 atom stereocenters. The van der Waals surface area contributed by atoms with Crippen LogP contribution < -0.4 is 10.7 Å². The van der Waals surface area contributed by atoms with Crippen molar-refractivity contribution in [2.24, 2.45) is 5.90 Å². The van der Waals surface area contributed by atoms with Crippen molar-refractivity contribution in [1.29, 1.82) is 0 Å². The van der Waals surface area contributed by atoms with Gasteiger partial charge < -0.3 is 4.84 Å². The molecule has 0 amide bonds. The van der Waals surface area contributed by atoms with Crippen LogP contribution in [0.5, 0.6) is 5.75 Å². The predicted molar refractivity (Wildman–Crippen MR) is 94.2 cm³/mol. The minimum atomic E-state index is -0.180. The monoisotopic (exact) mass is 285 g/mol. The molecule has 0 radical (unpaired) electrons. The van der Waals surface area contributed by atoms with Crippen LogP contribution in [-0.4, -0.2) is 0 Å². The summed E-state index contributed by atoms with van der Waals surface area (Å²) >= 11 is 0. The molecule has 1 rings (SSSR count). The number of benzene rings is 1. The fourth-order valence-electron chi connectivity index (χ4n) is 2.03. The molecule has 0 bridgehead atoms. The third-order valence-corrected chi connectivity index (χ3v) is 3.32. The SMILES string of the molecule is C=C/C=C(\C=C)C(C)(C)c1ccc(ON)c(C=C)c1.CC. The van der Waals surface area contributed by atoms with E-state index in [9.17, 15) is 0 Å². The zero-order chi connectivity index (χ0) is 16.5. The Hall–Kier alpha value is -2.06. The Balaban J connectivity index is 0.00000191. The second-order valence-electron chi connectivity index (χ2n) is 4.76. The highest BCUT2D eigenvalue weighted by molar-refractivity contribution is 5.58. The molecule has 2 heteroatoms. The van der Waals surface area contributed by atoms with Gasteiger partial charge in [0.2, 0.25) is 0 Å². The topological polar surface area (TPSA) is 35.2 Å². The lowest BCUT2D eigenvalue weighted by molar-refractivity contribution is 0.333. The van der Waals surface area contributed by atoms with Gasteiger partial charge in [-0.15, -0.1) is 0 Å². The van der Waals surface area contributed by atoms with E-state index in [0.717, 1.165) is 16.7 Å². The van der Waals surface area contributed by atoms with Crippen LogP contribution in [0.1, 0.15) is 38.8 Å². The van der Waals surface area contributed by atoms with Crippen molar-refractivity contribution >= 4 is 6.08 Å². The molecule has 0 heterocycles. The minimum Gasteiger partial charge on any atom is -0.411 e. The normalized spacial score (nSPS) is 11.0. The molecule has 0 fully saturated rings. The molecule has 0 unspecified atom stereocenters. The quantitative estimate of drug-likeness (QED) is 0.577. The summed E-state index contributed by atoms with van der Waals surface area (Å²) in [6, 6.07) is 5.87. The van der Waals surface area contributed by atoms with Crippen LogP contribution in [0.4, 0.5) is 0 Å². The molecular formula is C19H27NO. The summed E-state index contributed by atoms with van der Waals surface area (Å²) in [6.45, 7) is 19.7. The van der Waals surface area contributed by atoms with Gasteiger partial charge in [0.25, 0.3) is 0 Å². The Morgan fingerprint density at radius 3 is 2.24 bits per heavy atom. The van der Waals surface area contributed by atoms with Gasteiger partial charge in [-0.3, -0.25) is 0 Å². The van der Waals surface area contributed by atoms with E-state index in [0.29, 0.717) is 5.75 Å². The fourth-order valence-corrected chi connectivity index (χ4v) is 2.03. The van der Waals surface area contributed by atoms with Crippen LogP contribution in [-0.2, 0) is 5.41 Å². The van der Waals surface area contributed by atoms with Gasteiger partial charge >= 0.3 is 0 Å². The van der Waals surface area contributed by atoms with Crippen molar-refractivity contribution in [2.45, 2.75) is 33.1 Å². The van der Waals surface area contributed by atoms with Crippen molar-refractivity contribution in [3.8, 4) is 5.75 Å². The summed E-state index contributed by atoms with van der Waals surface area (Å²) in [7, 11) is 0.